The van der Waals surface area contributed by atoms with E-state index in [0.717, 1.165) is 16.5 Å². The third kappa shape index (κ3) is 2.32. The molecule has 23 heavy (non-hydrogen) atoms. The average molecular weight is 305 g/mol. The number of para-hydroxylation sites is 1. The van der Waals surface area contributed by atoms with Gasteiger partial charge in [-0.15, -0.1) is 0 Å². The number of H-pyrrole nitrogens is 2. The Bertz CT molecular complexity index is 1050. The standard InChI is InChI=1S/C18H12FN3O/c19-12-7-5-11(6-8-12)17-18(23)21-10-16(22-17)14-9-20-15-4-2-1-3-13(14)15/h1-10,20H,(H,21,23). The van der Waals surface area contributed by atoms with Crippen molar-refractivity contribution in [1.82, 2.24) is 15.0 Å². The zero-order chi connectivity index (χ0) is 15.8. The molecule has 0 fully saturated rings. The number of benzene rings is 2. The molecule has 4 rings (SSSR count). The molecule has 0 aliphatic rings. The number of hydrogen-bond donors (Lipinski definition) is 2. The molecule has 0 bridgehead atoms. The number of hydrogen-bond acceptors (Lipinski definition) is 2. The van der Waals surface area contributed by atoms with Crippen LogP contribution in [-0.4, -0.2) is 15.0 Å². The van der Waals surface area contributed by atoms with Crippen LogP contribution in [0.25, 0.3) is 33.4 Å². The second kappa shape index (κ2) is 5.21. The van der Waals surface area contributed by atoms with E-state index in [4.69, 9.17) is 0 Å². The number of rotatable bonds is 2. The minimum atomic E-state index is -0.349. The lowest BCUT2D eigenvalue weighted by Crippen LogP contribution is -2.11. The Labute approximate surface area is 130 Å². The van der Waals surface area contributed by atoms with Gasteiger partial charge in [0.1, 0.15) is 11.5 Å². The highest BCUT2D eigenvalue weighted by Gasteiger charge is 2.11. The molecule has 0 saturated carbocycles. The molecule has 0 amide bonds. The Balaban J connectivity index is 1.90. The molecular weight excluding hydrogens is 293 g/mol. The smallest absolute Gasteiger partial charge is 0.274 e. The van der Waals surface area contributed by atoms with Gasteiger partial charge in [-0.1, -0.05) is 18.2 Å². The van der Waals surface area contributed by atoms with Gasteiger partial charge >= 0.3 is 0 Å². The van der Waals surface area contributed by atoms with Gasteiger partial charge in [-0.3, -0.25) is 4.79 Å². The van der Waals surface area contributed by atoms with E-state index in [0.29, 0.717) is 11.3 Å². The van der Waals surface area contributed by atoms with Gasteiger partial charge < -0.3 is 9.97 Å². The lowest BCUT2D eigenvalue weighted by atomic mass is 10.1. The van der Waals surface area contributed by atoms with Gasteiger partial charge in [-0.05, 0) is 30.3 Å². The highest BCUT2D eigenvalue weighted by atomic mass is 19.1. The van der Waals surface area contributed by atoms with Crippen LogP contribution in [0.4, 0.5) is 4.39 Å². The summed E-state index contributed by atoms with van der Waals surface area (Å²) < 4.78 is 13.1. The Morgan fingerprint density at radius 1 is 0.913 bits per heavy atom. The lowest BCUT2D eigenvalue weighted by Gasteiger charge is -2.03. The van der Waals surface area contributed by atoms with Crippen LogP contribution >= 0.6 is 0 Å². The maximum absolute atomic E-state index is 13.1. The molecular formula is C18H12FN3O. The quantitative estimate of drug-likeness (QED) is 0.593. The van der Waals surface area contributed by atoms with Gasteiger partial charge in [0.25, 0.3) is 5.56 Å². The van der Waals surface area contributed by atoms with Crippen molar-refractivity contribution in [2.75, 3.05) is 0 Å². The summed E-state index contributed by atoms with van der Waals surface area (Å²) in [5, 5.41) is 1.03. The van der Waals surface area contributed by atoms with E-state index in [1.165, 1.54) is 12.1 Å². The molecule has 4 nitrogen and oxygen atoms in total. The van der Waals surface area contributed by atoms with Crippen LogP contribution in [0.5, 0.6) is 0 Å². The summed E-state index contributed by atoms with van der Waals surface area (Å²) in [5.41, 5.74) is 3.10. The first kappa shape index (κ1) is 13.5. The monoisotopic (exact) mass is 305 g/mol. The Morgan fingerprint density at radius 2 is 1.70 bits per heavy atom. The van der Waals surface area contributed by atoms with Gasteiger partial charge in [0.05, 0.1) is 5.69 Å². The Hall–Kier alpha value is -3.21. The van der Waals surface area contributed by atoms with E-state index in [2.05, 4.69) is 15.0 Å². The lowest BCUT2D eigenvalue weighted by molar-refractivity contribution is 0.628. The first-order valence-electron chi connectivity index (χ1n) is 7.14. The van der Waals surface area contributed by atoms with Crippen molar-refractivity contribution < 1.29 is 4.39 Å². The second-order valence-corrected chi connectivity index (χ2v) is 5.22. The SMILES string of the molecule is O=c1[nH]cc(-c2c[nH]c3ccccc23)nc1-c1ccc(F)cc1. The van der Waals surface area contributed by atoms with Crippen molar-refractivity contribution in [1.29, 1.82) is 0 Å². The van der Waals surface area contributed by atoms with Crippen molar-refractivity contribution in [3.8, 4) is 22.5 Å². The fourth-order valence-electron chi connectivity index (χ4n) is 2.63. The van der Waals surface area contributed by atoms with Gasteiger partial charge in [-0.25, -0.2) is 9.37 Å². The van der Waals surface area contributed by atoms with Crippen molar-refractivity contribution in [2.24, 2.45) is 0 Å². The fraction of sp³-hybridized carbons (Fsp3) is 0. The highest BCUT2D eigenvalue weighted by molar-refractivity contribution is 5.94. The van der Waals surface area contributed by atoms with E-state index < -0.39 is 0 Å². The Morgan fingerprint density at radius 3 is 2.52 bits per heavy atom. The van der Waals surface area contributed by atoms with E-state index in [1.54, 1.807) is 18.3 Å². The number of aromatic nitrogens is 3. The van der Waals surface area contributed by atoms with Crippen molar-refractivity contribution >= 4 is 10.9 Å². The summed E-state index contributed by atoms with van der Waals surface area (Å²) in [6.07, 6.45) is 3.45. The summed E-state index contributed by atoms with van der Waals surface area (Å²) in [4.78, 5) is 22.4. The van der Waals surface area contributed by atoms with Crippen LogP contribution in [0, 0.1) is 5.82 Å². The molecule has 4 aromatic rings. The topological polar surface area (TPSA) is 61.5 Å². The minimum Gasteiger partial charge on any atom is -0.360 e. The van der Waals surface area contributed by atoms with E-state index in [-0.39, 0.29) is 17.1 Å². The summed E-state index contributed by atoms with van der Waals surface area (Å²) in [6, 6.07) is 13.6. The number of nitrogens with zero attached hydrogens (tertiary/aromatic N) is 1. The van der Waals surface area contributed by atoms with Crippen LogP contribution in [0.1, 0.15) is 0 Å². The molecule has 0 spiro atoms. The number of aromatic amines is 2. The molecule has 0 saturated heterocycles. The maximum atomic E-state index is 13.1. The summed E-state index contributed by atoms with van der Waals surface area (Å²) >= 11 is 0. The second-order valence-electron chi connectivity index (χ2n) is 5.22. The number of fused-ring (bicyclic) bond motifs is 1. The number of halogens is 1. The predicted octanol–water partition coefficient (Wildman–Crippen LogP) is 3.72. The minimum absolute atomic E-state index is 0.271. The van der Waals surface area contributed by atoms with Crippen LogP contribution in [0.2, 0.25) is 0 Å². The first-order chi connectivity index (χ1) is 11.2. The third-order valence-electron chi connectivity index (χ3n) is 3.77. The largest absolute Gasteiger partial charge is 0.360 e. The third-order valence-corrected chi connectivity index (χ3v) is 3.77. The van der Waals surface area contributed by atoms with Gasteiger partial charge in [0.2, 0.25) is 0 Å². The fourth-order valence-corrected chi connectivity index (χ4v) is 2.63. The number of nitrogens with one attached hydrogen (secondary N) is 2. The van der Waals surface area contributed by atoms with Crippen molar-refractivity contribution in [2.45, 2.75) is 0 Å². The zero-order valence-corrected chi connectivity index (χ0v) is 12.0. The molecule has 0 aliphatic carbocycles. The molecule has 0 radical (unpaired) electrons. The molecule has 2 N–H and O–H groups in total. The molecule has 0 aliphatic heterocycles. The van der Waals surface area contributed by atoms with Crippen LogP contribution in [0.3, 0.4) is 0 Å². The predicted molar refractivity (Wildman–Crippen MR) is 87.5 cm³/mol. The molecule has 2 aromatic carbocycles. The maximum Gasteiger partial charge on any atom is 0.274 e. The van der Waals surface area contributed by atoms with E-state index in [1.807, 2.05) is 30.5 Å². The zero-order valence-electron chi connectivity index (χ0n) is 12.0. The average Bonchev–Trinajstić information content (AvgIpc) is 3.00. The van der Waals surface area contributed by atoms with Crippen molar-refractivity contribution in [3.63, 3.8) is 0 Å². The van der Waals surface area contributed by atoms with Crippen LogP contribution in [-0.2, 0) is 0 Å². The van der Waals surface area contributed by atoms with Crippen LogP contribution < -0.4 is 5.56 Å². The molecule has 2 aromatic heterocycles. The summed E-state index contributed by atoms with van der Waals surface area (Å²) in [6.45, 7) is 0. The van der Waals surface area contributed by atoms with Gasteiger partial charge in [0, 0.05) is 34.4 Å². The normalized spacial score (nSPS) is 11.0. The van der Waals surface area contributed by atoms with Gasteiger partial charge in [0.15, 0.2) is 0 Å². The molecule has 2 heterocycles. The Kier molecular flexibility index (Phi) is 3.05. The summed E-state index contributed by atoms with van der Waals surface area (Å²) in [7, 11) is 0. The van der Waals surface area contributed by atoms with Gasteiger partial charge in [-0.2, -0.15) is 0 Å². The first-order valence-corrected chi connectivity index (χ1v) is 7.14. The van der Waals surface area contributed by atoms with E-state index >= 15 is 0 Å². The van der Waals surface area contributed by atoms with Crippen molar-refractivity contribution in [3.05, 3.63) is 77.1 Å². The van der Waals surface area contributed by atoms with E-state index in [9.17, 15) is 9.18 Å². The molecule has 0 unspecified atom stereocenters. The molecule has 0 atom stereocenters. The molecule has 112 valence electrons. The molecule has 5 heteroatoms. The highest BCUT2D eigenvalue weighted by Crippen LogP contribution is 2.27. The summed E-state index contributed by atoms with van der Waals surface area (Å²) in [5.74, 6) is -0.349. The van der Waals surface area contributed by atoms with Crippen LogP contribution in [0.15, 0.2) is 65.7 Å².